The quantitative estimate of drug-likeness (QED) is 0.178. The largest absolute Gasteiger partial charge is 0.310 e. The molecule has 278 valence electrons. The molecule has 0 heterocycles. The Morgan fingerprint density at radius 3 is 2.14 bits per heavy atom. The standard InChI is InChI=1S/C56H49N/c1-36-18-7-6-16-33-56(48-25-14-8-19-39(36)48)49-26-15-10-20-40(49)42-31-29-38(35-51(42)56)57(37-30-32-47-44(34-37)41-21-9-12-23-45(41)54(47,2)3)52-28-17-27-50-53(52)43-22-11-13-24-46(43)55(50,4)5/h6-25,27-32,34-35,39,48-49H,1,26,33H2,2-5H3/b16-6-,18-7-. The average molecular weight is 736 g/mol. The molecule has 11 rings (SSSR count). The van der Waals surface area contributed by atoms with Crippen LogP contribution in [0.15, 0.2) is 182 Å². The maximum atomic E-state index is 4.66. The molecule has 0 bridgehead atoms. The highest BCUT2D eigenvalue weighted by Gasteiger charge is 2.55. The van der Waals surface area contributed by atoms with Gasteiger partial charge in [0.05, 0.1) is 5.69 Å². The number of nitrogens with zero attached hydrogens (tertiary/aromatic N) is 1. The van der Waals surface area contributed by atoms with Gasteiger partial charge in [0.2, 0.25) is 0 Å². The lowest BCUT2D eigenvalue weighted by molar-refractivity contribution is 0.227. The maximum absolute atomic E-state index is 4.66. The van der Waals surface area contributed by atoms with Crippen LogP contribution in [-0.2, 0) is 16.2 Å². The van der Waals surface area contributed by atoms with Crippen molar-refractivity contribution in [1.29, 1.82) is 0 Å². The highest BCUT2D eigenvalue weighted by Crippen LogP contribution is 2.63. The Morgan fingerprint density at radius 1 is 0.579 bits per heavy atom. The summed E-state index contributed by atoms with van der Waals surface area (Å²) >= 11 is 0. The Bertz CT molecular complexity index is 2740. The fourth-order valence-corrected chi connectivity index (χ4v) is 12.0. The second-order valence-electron chi connectivity index (χ2n) is 18.1. The molecule has 57 heavy (non-hydrogen) atoms. The van der Waals surface area contributed by atoms with Gasteiger partial charge in [-0.25, -0.2) is 0 Å². The molecule has 4 atom stereocenters. The van der Waals surface area contributed by atoms with Gasteiger partial charge in [-0.15, -0.1) is 0 Å². The summed E-state index contributed by atoms with van der Waals surface area (Å²) in [6, 6.07) is 39.8. The van der Waals surface area contributed by atoms with E-state index in [0.717, 1.165) is 12.8 Å². The van der Waals surface area contributed by atoms with Crippen molar-refractivity contribution >= 4 is 22.6 Å². The normalized spacial score (nSPS) is 25.8. The van der Waals surface area contributed by atoms with Gasteiger partial charge in [0.15, 0.2) is 0 Å². The third-order valence-electron chi connectivity index (χ3n) is 14.7. The molecule has 6 aliphatic rings. The van der Waals surface area contributed by atoms with Gasteiger partial charge in [-0.2, -0.15) is 0 Å². The Kier molecular flexibility index (Phi) is 7.40. The SMILES string of the molecule is C=C1/C=C\C=C/CC2(c3cc(N(c4ccc5c(c4)-c4ccccc4C5(C)C)c4cccc5c4-c4ccccc4C5(C)C)ccc3C3=CC=CCC32)C2C=CC=CC12. The van der Waals surface area contributed by atoms with Gasteiger partial charge in [-0.1, -0.05) is 174 Å². The van der Waals surface area contributed by atoms with Crippen molar-refractivity contribution in [2.75, 3.05) is 4.90 Å². The molecule has 0 radical (unpaired) electrons. The van der Waals surface area contributed by atoms with Crippen molar-refractivity contribution in [3.05, 3.63) is 215 Å². The summed E-state index contributed by atoms with van der Waals surface area (Å²) in [6.07, 6.45) is 27.6. The Hall–Kier alpha value is -5.92. The predicted octanol–water partition coefficient (Wildman–Crippen LogP) is 14.4. The summed E-state index contributed by atoms with van der Waals surface area (Å²) in [5, 5.41) is 0. The van der Waals surface area contributed by atoms with E-state index in [9.17, 15) is 0 Å². The van der Waals surface area contributed by atoms with Crippen LogP contribution in [0.2, 0.25) is 0 Å². The first-order valence-electron chi connectivity index (χ1n) is 20.9. The minimum Gasteiger partial charge on any atom is -0.310 e. The summed E-state index contributed by atoms with van der Waals surface area (Å²) in [6.45, 7) is 14.2. The second-order valence-corrected chi connectivity index (χ2v) is 18.1. The molecular formula is C56H49N. The van der Waals surface area contributed by atoms with Crippen molar-refractivity contribution in [3.8, 4) is 22.3 Å². The number of allylic oxidation sites excluding steroid dienone is 13. The third-order valence-corrected chi connectivity index (χ3v) is 14.7. The van der Waals surface area contributed by atoms with Crippen LogP contribution in [0.4, 0.5) is 17.1 Å². The molecule has 0 saturated heterocycles. The zero-order valence-corrected chi connectivity index (χ0v) is 33.5. The van der Waals surface area contributed by atoms with Gasteiger partial charge in [0, 0.05) is 39.1 Å². The molecule has 1 nitrogen and oxygen atoms in total. The van der Waals surface area contributed by atoms with Crippen LogP contribution in [0, 0.1) is 17.8 Å². The lowest BCUT2D eigenvalue weighted by atomic mass is 9.57. The molecular weight excluding hydrogens is 687 g/mol. The van der Waals surface area contributed by atoms with Crippen molar-refractivity contribution in [2.24, 2.45) is 17.8 Å². The van der Waals surface area contributed by atoms with E-state index in [1.54, 1.807) is 0 Å². The Morgan fingerprint density at radius 2 is 1.28 bits per heavy atom. The fraction of sp³-hybridized carbons (Fsp3) is 0.214. The molecule has 0 aromatic heterocycles. The van der Waals surface area contributed by atoms with Crippen LogP contribution >= 0.6 is 0 Å². The van der Waals surface area contributed by atoms with Crippen molar-refractivity contribution in [1.82, 2.24) is 0 Å². The maximum Gasteiger partial charge on any atom is 0.0543 e. The number of fused-ring (bicyclic) bond motifs is 13. The minimum absolute atomic E-state index is 0.0634. The molecule has 0 fully saturated rings. The molecule has 6 aliphatic carbocycles. The van der Waals surface area contributed by atoms with Crippen LogP contribution in [0.1, 0.15) is 73.9 Å². The van der Waals surface area contributed by atoms with E-state index in [1.807, 2.05) is 0 Å². The molecule has 5 aromatic rings. The first-order chi connectivity index (χ1) is 27.7. The predicted molar refractivity (Wildman–Crippen MR) is 240 cm³/mol. The van der Waals surface area contributed by atoms with E-state index in [0.29, 0.717) is 5.92 Å². The van der Waals surface area contributed by atoms with Gasteiger partial charge in [-0.05, 0) is 116 Å². The zero-order valence-electron chi connectivity index (χ0n) is 33.5. The molecule has 0 N–H and O–H groups in total. The van der Waals surface area contributed by atoms with E-state index in [-0.39, 0.29) is 28.1 Å². The van der Waals surface area contributed by atoms with Crippen LogP contribution in [0.3, 0.4) is 0 Å². The first kappa shape index (κ1) is 34.3. The summed E-state index contributed by atoms with van der Waals surface area (Å²) in [5.74, 6) is 0.854. The van der Waals surface area contributed by atoms with Crippen molar-refractivity contribution in [3.63, 3.8) is 0 Å². The second kappa shape index (κ2) is 12.3. The summed E-state index contributed by atoms with van der Waals surface area (Å²) in [4.78, 5) is 2.59. The third kappa shape index (κ3) is 4.69. The van der Waals surface area contributed by atoms with Gasteiger partial charge in [0.25, 0.3) is 0 Å². The van der Waals surface area contributed by atoms with E-state index in [4.69, 9.17) is 0 Å². The topological polar surface area (TPSA) is 3.24 Å². The van der Waals surface area contributed by atoms with E-state index in [2.05, 4.69) is 209 Å². The number of hydrogen-bond acceptors (Lipinski definition) is 1. The highest BCUT2D eigenvalue weighted by atomic mass is 15.1. The van der Waals surface area contributed by atoms with Gasteiger partial charge in [0.1, 0.15) is 0 Å². The van der Waals surface area contributed by atoms with E-state index >= 15 is 0 Å². The molecule has 0 aliphatic heterocycles. The number of benzene rings is 5. The number of rotatable bonds is 3. The highest BCUT2D eigenvalue weighted by molar-refractivity contribution is 5.97. The monoisotopic (exact) mass is 735 g/mol. The Labute approximate surface area is 338 Å². The van der Waals surface area contributed by atoms with Gasteiger partial charge < -0.3 is 4.90 Å². The van der Waals surface area contributed by atoms with Crippen LogP contribution < -0.4 is 4.90 Å². The molecule has 0 saturated carbocycles. The lowest BCUT2D eigenvalue weighted by Gasteiger charge is -2.46. The summed E-state index contributed by atoms with van der Waals surface area (Å²) in [7, 11) is 0. The summed E-state index contributed by atoms with van der Waals surface area (Å²) in [5.41, 5.74) is 19.7. The smallest absolute Gasteiger partial charge is 0.0543 e. The van der Waals surface area contributed by atoms with Crippen LogP contribution in [0.25, 0.3) is 27.8 Å². The van der Waals surface area contributed by atoms with Crippen molar-refractivity contribution in [2.45, 2.75) is 56.8 Å². The molecule has 1 heteroatoms. The summed E-state index contributed by atoms with van der Waals surface area (Å²) < 4.78 is 0. The fourth-order valence-electron chi connectivity index (χ4n) is 12.0. The average Bonchev–Trinajstić information content (AvgIpc) is 3.77. The zero-order chi connectivity index (χ0) is 38.7. The van der Waals surface area contributed by atoms with Gasteiger partial charge in [-0.3, -0.25) is 0 Å². The van der Waals surface area contributed by atoms with Crippen LogP contribution in [-0.4, -0.2) is 0 Å². The van der Waals surface area contributed by atoms with Crippen LogP contribution in [0.5, 0.6) is 0 Å². The number of hydrogen-bond donors (Lipinski definition) is 0. The molecule has 1 spiro atoms. The first-order valence-corrected chi connectivity index (χ1v) is 20.9. The van der Waals surface area contributed by atoms with Crippen molar-refractivity contribution < 1.29 is 0 Å². The minimum atomic E-state index is -0.154. The molecule has 4 unspecified atom stereocenters. The van der Waals surface area contributed by atoms with Gasteiger partial charge >= 0.3 is 0 Å². The van der Waals surface area contributed by atoms with E-state index in [1.165, 1.54) is 83.8 Å². The van der Waals surface area contributed by atoms with E-state index < -0.39 is 0 Å². The molecule has 0 amide bonds. The lowest BCUT2D eigenvalue weighted by Crippen LogP contribution is -2.42. The Balaban J connectivity index is 1.19. The number of anilines is 3. The molecule has 5 aromatic carbocycles.